The summed E-state index contributed by atoms with van der Waals surface area (Å²) in [6.07, 6.45) is -10.9. The van der Waals surface area contributed by atoms with Crippen LogP contribution in [0.5, 0.6) is 0 Å². The lowest BCUT2D eigenvalue weighted by molar-refractivity contribution is -0.143. The van der Waals surface area contributed by atoms with Crippen molar-refractivity contribution in [3.8, 4) is 0 Å². The van der Waals surface area contributed by atoms with Crippen LogP contribution < -0.4 is 16.0 Å². The molecule has 0 bridgehead atoms. The molecule has 0 fully saturated rings. The van der Waals surface area contributed by atoms with Gasteiger partial charge in [-0.25, -0.2) is 13.8 Å². The van der Waals surface area contributed by atoms with E-state index in [2.05, 4.69) is 27.5 Å². The number of halogens is 8. The van der Waals surface area contributed by atoms with Crippen molar-refractivity contribution < 1.29 is 35.1 Å². The van der Waals surface area contributed by atoms with Crippen LogP contribution in [0.25, 0.3) is 5.70 Å². The van der Waals surface area contributed by atoms with E-state index in [-0.39, 0.29) is 28.8 Å². The third-order valence-electron chi connectivity index (χ3n) is 5.91. The SMILES string of the molecule is C=C(NC1=NC(c2ccc(C(F)(F)F)cc2C(F)(F)F)Nc2ccccc21)c1cc(F)cc(F)c1NCCC. The summed E-state index contributed by atoms with van der Waals surface area (Å²) in [6, 6.07) is 9.44. The fourth-order valence-corrected chi connectivity index (χ4v) is 4.11. The van der Waals surface area contributed by atoms with Gasteiger partial charge in [-0.1, -0.05) is 31.7 Å². The first kappa shape index (κ1) is 27.9. The summed E-state index contributed by atoms with van der Waals surface area (Å²) >= 11 is 0. The molecule has 4 rings (SSSR count). The van der Waals surface area contributed by atoms with Gasteiger partial charge in [0.2, 0.25) is 0 Å². The van der Waals surface area contributed by atoms with Crippen molar-refractivity contribution in [2.75, 3.05) is 17.2 Å². The van der Waals surface area contributed by atoms with Crippen LogP contribution in [0.1, 0.15) is 47.3 Å². The molecular formula is C27H22F8N4. The van der Waals surface area contributed by atoms with Crippen molar-refractivity contribution in [1.29, 1.82) is 0 Å². The van der Waals surface area contributed by atoms with Crippen molar-refractivity contribution in [3.63, 3.8) is 0 Å². The number of aliphatic imine (C=N–C) groups is 1. The van der Waals surface area contributed by atoms with Gasteiger partial charge in [0.15, 0.2) is 0 Å². The maximum absolute atomic E-state index is 14.6. The zero-order valence-electron chi connectivity index (χ0n) is 20.4. The van der Waals surface area contributed by atoms with Crippen LogP contribution in [0.15, 0.2) is 66.2 Å². The Hall–Kier alpha value is -4.09. The number of rotatable bonds is 6. The Bertz CT molecular complexity index is 1430. The smallest absolute Gasteiger partial charge is 0.382 e. The quantitative estimate of drug-likeness (QED) is 0.271. The van der Waals surface area contributed by atoms with E-state index in [4.69, 9.17) is 0 Å². The number of para-hydroxylation sites is 1. The summed E-state index contributed by atoms with van der Waals surface area (Å²) in [5.74, 6) is -1.75. The molecule has 0 saturated carbocycles. The normalized spacial score (nSPS) is 15.2. The van der Waals surface area contributed by atoms with Gasteiger partial charge in [-0.15, -0.1) is 0 Å². The second kappa shape index (κ2) is 10.6. The van der Waals surface area contributed by atoms with E-state index in [1.807, 2.05) is 6.92 Å². The second-order valence-corrected chi connectivity index (χ2v) is 8.71. The van der Waals surface area contributed by atoms with E-state index < -0.39 is 46.8 Å². The molecule has 3 aromatic carbocycles. The van der Waals surface area contributed by atoms with Gasteiger partial charge in [-0.3, -0.25) is 0 Å². The lowest BCUT2D eigenvalue weighted by atomic mass is 9.99. The van der Waals surface area contributed by atoms with E-state index in [9.17, 15) is 35.1 Å². The maximum atomic E-state index is 14.6. The van der Waals surface area contributed by atoms with Gasteiger partial charge in [0.25, 0.3) is 0 Å². The number of hydrogen-bond donors (Lipinski definition) is 3. The molecule has 1 aliphatic heterocycles. The Morgan fingerprint density at radius 3 is 2.36 bits per heavy atom. The number of amidine groups is 1. The Kier molecular flexibility index (Phi) is 7.58. The van der Waals surface area contributed by atoms with E-state index >= 15 is 0 Å². The highest BCUT2D eigenvalue weighted by molar-refractivity contribution is 6.08. The van der Waals surface area contributed by atoms with Gasteiger partial charge >= 0.3 is 12.4 Å². The molecule has 0 aliphatic carbocycles. The van der Waals surface area contributed by atoms with E-state index in [1.54, 1.807) is 24.3 Å². The van der Waals surface area contributed by atoms with Crippen molar-refractivity contribution in [2.45, 2.75) is 31.9 Å². The molecule has 0 amide bonds. The van der Waals surface area contributed by atoms with Crippen molar-refractivity contribution >= 4 is 22.9 Å². The Morgan fingerprint density at radius 1 is 0.974 bits per heavy atom. The number of nitrogens with one attached hydrogen (secondary N) is 3. The van der Waals surface area contributed by atoms with E-state index in [1.165, 1.54) is 0 Å². The molecule has 0 spiro atoms. The van der Waals surface area contributed by atoms with Gasteiger partial charge in [-0.05, 0) is 36.8 Å². The monoisotopic (exact) mass is 554 g/mol. The third kappa shape index (κ3) is 5.99. The lowest BCUT2D eigenvalue weighted by Crippen LogP contribution is -2.31. The van der Waals surface area contributed by atoms with Crippen molar-refractivity contribution in [3.05, 3.63) is 101 Å². The van der Waals surface area contributed by atoms with Crippen LogP contribution in [0.4, 0.5) is 46.5 Å². The predicted octanol–water partition coefficient (Wildman–Crippen LogP) is 7.96. The number of anilines is 2. The molecular weight excluding hydrogens is 532 g/mol. The highest BCUT2D eigenvalue weighted by atomic mass is 19.4. The molecule has 0 radical (unpaired) electrons. The highest BCUT2D eigenvalue weighted by Gasteiger charge is 2.40. The molecule has 3 N–H and O–H groups in total. The first-order chi connectivity index (χ1) is 18.3. The lowest BCUT2D eigenvalue weighted by Gasteiger charge is -2.29. The fraction of sp³-hybridized carbons (Fsp3) is 0.222. The largest absolute Gasteiger partial charge is 0.416 e. The zero-order chi connectivity index (χ0) is 28.5. The van der Waals surface area contributed by atoms with Crippen LogP contribution in [0.3, 0.4) is 0 Å². The summed E-state index contributed by atoms with van der Waals surface area (Å²) in [6.45, 7) is 6.06. The summed E-state index contributed by atoms with van der Waals surface area (Å²) in [5, 5.41) is 8.51. The molecule has 206 valence electrons. The number of fused-ring (bicyclic) bond motifs is 1. The Labute approximate surface area is 218 Å². The molecule has 4 nitrogen and oxygen atoms in total. The van der Waals surface area contributed by atoms with Crippen LogP contribution >= 0.6 is 0 Å². The summed E-state index contributed by atoms with van der Waals surface area (Å²) < 4.78 is 110. The number of hydrogen-bond acceptors (Lipinski definition) is 4. The van der Waals surface area contributed by atoms with Crippen molar-refractivity contribution in [1.82, 2.24) is 5.32 Å². The summed E-state index contributed by atoms with van der Waals surface area (Å²) in [4.78, 5) is 4.31. The molecule has 0 aromatic heterocycles. The second-order valence-electron chi connectivity index (χ2n) is 8.71. The standard InChI is InChI=1S/C27H22F8N4/c1-3-10-36-23-19(12-16(28)13-21(23)29)14(2)37-25-18-6-4-5-7-22(18)38-24(39-25)17-9-8-15(26(30,31)32)11-20(17)27(33,34)35/h4-9,11-13,24,36,38H,2-3,10H2,1H3,(H,37,39). The van der Waals surface area contributed by atoms with Crippen LogP contribution in [-0.4, -0.2) is 12.4 Å². The average molecular weight is 554 g/mol. The van der Waals surface area contributed by atoms with Gasteiger partial charge in [0.05, 0.1) is 16.8 Å². The minimum Gasteiger partial charge on any atom is -0.382 e. The van der Waals surface area contributed by atoms with Crippen LogP contribution in [-0.2, 0) is 12.4 Å². The molecule has 1 heterocycles. The van der Waals surface area contributed by atoms with E-state index in [0.29, 0.717) is 36.3 Å². The number of alkyl halides is 6. The van der Waals surface area contributed by atoms with Gasteiger partial charge in [0, 0.05) is 40.7 Å². The van der Waals surface area contributed by atoms with Gasteiger partial charge < -0.3 is 16.0 Å². The number of nitrogens with zero attached hydrogens (tertiary/aromatic N) is 1. The first-order valence-electron chi connectivity index (χ1n) is 11.7. The molecule has 3 aromatic rings. The fourth-order valence-electron chi connectivity index (χ4n) is 4.11. The minimum absolute atomic E-state index is 0.00140. The van der Waals surface area contributed by atoms with Gasteiger partial charge in [-0.2, -0.15) is 26.3 Å². The predicted molar refractivity (Wildman–Crippen MR) is 133 cm³/mol. The molecule has 0 saturated heterocycles. The topological polar surface area (TPSA) is 48.5 Å². The molecule has 1 unspecified atom stereocenters. The minimum atomic E-state index is -5.11. The Balaban J connectivity index is 1.79. The molecule has 1 aliphatic rings. The molecule has 1 atom stereocenters. The van der Waals surface area contributed by atoms with E-state index in [0.717, 1.165) is 12.1 Å². The first-order valence-corrected chi connectivity index (χ1v) is 11.7. The Morgan fingerprint density at radius 2 is 1.69 bits per heavy atom. The zero-order valence-corrected chi connectivity index (χ0v) is 20.4. The van der Waals surface area contributed by atoms with Crippen molar-refractivity contribution in [2.24, 2.45) is 4.99 Å². The number of benzene rings is 3. The maximum Gasteiger partial charge on any atom is 0.416 e. The summed E-state index contributed by atoms with van der Waals surface area (Å²) in [5.41, 5.74) is -2.79. The molecule has 39 heavy (non-hydrogen) atoms. The molecule has 12 heteroatoms. The average Bonchev–Trinajstić information content (AvgIpc) is 2.86. The third-order valence-corrected chi connectivity index (χ3v) is 5.91. The summed E-state index contributed by atoms with van der Waals surface area (Å²) in [7, 11) is 0. The van der Waals surface area contributed by atoms with Gasteiger partial charge in [0.1, 0.15) is 23.6 Å². The highest BCUT2D eigenvalue weighted by Crippen LogP contribution is 2.41. The van der Waals surface area contributed by atoms with Crippen LogP contribution in [0.2, 0.25) is 0 Å². The van der Waals surface area contributed by atoms with Crippen LogP contribution in [0, 0.1) is 11.6 Å².